The maximum absolute atomic E-state index is 11.4. The van der Waals surface area contributed by atoms with E-state index in [0.717, 1.165) is 5.56 Å². The van der Waals surface area contributed by atoms with Gasteiger partial charge < -0.3 is 4.90 Å². The quantitative estimate of drug-likeness (QED) is 0.725. The number of ketones is 1. The van der Waals surface area contributed by atoms with Gasteiger partial charge in [-0.15, -0.1) is 0 Å². The lowest BCUT2D eigenvalue weighted by atomic mass is 10.0. The third kappa shape index (κ3) is 3.19. The highest BCUT2D eigenvalue weighted by Crippen LogP contribution is 2.12. The average Bonchev–Trinajstić information content (AvgIpc) is 2.25. The molecule has 1 amide bonds. The predicted molar refractivity (Wildman–Crippen MR) is 63.5 cm³/mol. The molecule has 0 aliphatic rings. The zero-order chi connectivity index (χ0) is 12.1. The number of benzene rings is 1. The molecule has 0 radical (unpaired) electrons. The Morgan fingerprint density at radius 2 is 1.81 bits per heavy atom. The highest BCUT2D eigenvalue weighted by molar-refractivity contribution is 5.95. The average molecular weight is 219 g/mol. The van der Waals surface area contributed by atoms with Crippen molar-refractivity contribution in [1.82, 2.24) is 4.90 Å². The normalized spacial score (nSPS) is 9.94. The van der Waals surface area contributed by atoms with Crippen molar-refractivity contribution >= 4 is 11.7 Å². The minimum atomic E-state index is 0.0490. The molecular formula is C13H17NO2. The minimum absolute atomic E-state index is 0.0490. The van der Waals surface area contributed by atoms with E-state index in [1.807, 2.05) is 18.2 Å². The van der Waals surface area contributed by atoms with E-state index in [1.54, 1.807) is 32.0 Å². The van der Waals surface area contributed by atoms with Gasteiger partial charge in [0, 0.05) is 26.1 Å². The number of carbonyl (C=O) groups is 2. The molecule has 0 saturated heterocycles. The third-order valence-electron chi connectivity index (χ3n) is 2.50. The van der Waals surface area contributed by atoms with E-state index in [0.29, 0.717) is 18.4 Å². The summed E-state index contributed by atoms with van der Waals surface area (Å²) < 4.78 is 0. The van der Waals surface area contributed by atoms with Gasteiger partial charge in [0.1, 0.15) is 0 Å². The summed E-state index contributed by atoms with van der Waals surface area (Å²) in [7, 11) is 3.47. The highest BCUT2D eigenvalue weighted by atomic mass is 16.2. The Balaban J connectivity index is 2.74. The van der Waals surface area contributed by atoms with Crippen LogP contribution in [-0.4, -0.2) is 30.7 Å². The Hall–Kier alpha value is -1.64. The molecule has 0 atom stereocenters. The van der Waals surface area contributed by atoms with Crippen LogP contribution in [0.3, 0.4) is 0 Å². The Labute approximate surface area is 96.1 Å². The van der Waals surface area contributed by atoms with E-state index >= 15 is 0 Å². The molecule has 3 heteroatoms. The first-order valence-electron chi connectivity index (χ1n) is 5.31. The van der Waals surface area contributed by atoms with Crippen LogP contribution in [0.2, 0.25) is 0 Å². The van der Waals surface area contributed by atoms with Gasteiger partial charge in [0.25, 0.3) is 0 Å². The largest absolute Gasteiger partial charge is 0.349 e. The van der Waals surface area contributed by atoms with Crippen LogP contribution < -0.4 is 0 Å². The molecule has 0 saturated carbocycles. The smallest absolute Gasteiger partial charge is 0.222 e. The van der Waals surface area contributed by atoms with Gasteiger partial charge in [0.15, 0.2) is 5.78 Å². The van der Waals surface area contributed by atoms with Crippen molar-refractivity contribution in [2.24, 2.45) is 0 Å². The fraction of sp³-hybridized carbons (Fsp3) is 0.385. The molecule has 0 spiro atoms. The van der Waals surface area contributed by atoms with Crippen LogP contribution in [0.1, 0.15) is 29.3 Å². The second-order valence-corrected chi connectivity index (χ2v) is 4.00. The standard InChI is InChI=1S/C13H17NO2/c1-10(15)12-7-5-4-6-11(12)8-9-13(16)14(2)3/h4-7H,8-9H2,1-3H3. The first-order chi connectivity index (χ1) is 7.52. The van der Waals surface area contributed by atoms with Gasteiger partial charge in [0.05, 0.1) is 0 Å². The maximum atomic E-state index is 11.4. The van der Waals surface area contributed by atoms with Crippen molar-refractivity contribution in [3.8, 4) is 0 Å². The molecule has 0 aromatic heterocycles. The molecule has 86 valence electrons. The van der Waals surface area contributed by atoms with Crippen LogP contribution in [0.15, 0.2) is 24.3 Å². The van der Waals surface area contributed by atoms with E-state index < -0.39 is 0 Å². The number of carbonyl (C=O) groups excluding carboxylic acids is 2. The predicted octanol–water partition coefficient (Wildman–Crippen LogP) is 1.91. The first-order valence-corrected chi connectivity index (χ1v) is 5.31. The molecule has 16 heavy (non-hydrogen) atoms. The van der Waals surface area contributed by atoms with Crippen LogP contribution in [0.5, 0.6) is 0 Å². The maximum Gasteiger partial charge on any atom is 0.222 e. The van der Waals surface area contributed by atoms with Gasteiger partial charge in [-0.2, -0.15) is 0 Å². The number of aryl methyl sites for hydroxylation is 1. The van der Waals surface area contributed by atoms with Crippen molar-refractivity contribution in [2.75, 3.05) is 14.1 Å². The Morgan fingerprint density at radius 3 is 2.38 bits per heavy atom. The fourth-order valence-corrected chi connectivity index (χ4v) is 1.55. The molecule has 0 aliphatic carbocycles. The van der Waals surface area contributed by atoms with Crippen LogP contribution in [0, 0.1) is 0 Å². The lowest BCUT2D eigenvalue weighted by Crippen LogP contribution is -2.22. The number of rotatable bonds is 4. The number of Topliss-reactive ketones (excluding diaryl/α,β-unsaturated/α-hetero) is 1. The lowest BCUT2D eigenvalue weighted by molar-refractivity contribution is -0.128. The van der Waals surface area contributed by atoms with E-state index in [2.05, 4.69) is 0 Å². The fourth-order valence-electron chi connectivity index (χ4n) is 1.55. The van der Waals surface area contributed by atoms with Gasteiger partial charge in [-0.1, -0.05) is 24.3 Å². The van der Waals surface area contributed by atoms with Gasteiger partial charge in [-0.25, -0.2) is 0 Å². The zero-order valence-corrected chi connectivity index (χ0v) is 9.99. The van der Waals surface area contributed by atoms with E-state index in [9.17, 15) is 9.59 Å². The lowest BCUT2D eigenvalue weighted by Gasteiger charge is -2.11. The van der Waals surface area contributed by atoms with E-state index in [1.165, 1.54) is 0 Å². The molecule has 1 rings (SSSR count). The zero-order valence-electron chi connectivity index (χ0n) is 9.99. The monoisotopic (exact) mass is 219 g/mol. The van der Waals surface area contributed by atoms with Crippen molar-refractivity contribution < 1.29 is 9.59 Å². The number of hydrogen-bond acceptors (Lipinski definition) is 2. The van der Waals surface area contributed by atoms with Gasteiger partial charge in [-0.05, 0) is 18.9 Å². The number of amides is 1. The molecule has 1 aromatic rings. The van der Waals surface area contributed by atoms with E-state index in [-0.39, 0.29) is 11.7 Å². The van der Waals surface area contributed by atoms with Crippen molar-refractivity contribution in [3.63, 3.8) is 0 Å². The summed E-state index contributed by atoms with van der Waals surface area (Å²) in [4.78, 5) is 24.4. The third-order valence-corrected chi connectivity index (χ3v) is 2.50. The summed E-state index contributed by atoms with van der Waals surface area (Å²) in [5.74, 6) is 0.131. The summed E-state index contributed by atoms with van der Waals surface area (Å²) in [5.41, 5.74) is 1.67. The van der Waals surface area contributed by atoms with Crippen LogP contribution >= 0.6 is 0 Å². The summed E-state index contributed by atoms with van der Waals surface area (Å²) in [6, 6.07) is 7.44. The molecule has 0 unspecified atom stereocenters. The molecule has 1 aromatic carbocycles. The Kier molecular flexibility index (Phi) is 4.23. The molecule has 3 nitrogen and oxygen atoms in total. The molecular weight excluding hydrogens is 202 g/mol. The molecule has 0 fully saturated rings. The summed E-state index contributed by atoms with van der Waals surface area (Å²) in [6.45, 7) is 1.55. The SMILES string of the molecule is CC(=O)c1ccccc1CCC(=O)N(C)C. The Morgan fingerprint density at radius 1 is 1.19 bits per heavy atom. The number of nitrogens with zero attached hydrogens (tertiary/aromatic N) is 1. The minimum Gasteiger partial charge on any atom is -0.349 e. The summed E-state index contributed by atoms with van der Waals surface area (Å²) >= 11 is 0. The Bertz CT molecular complexity index is 397. The van der Waals surface area contributed by atoms with Crippen LogP contribution in [0.4, 0.5) is 0 Å². The summed E-state index contributed by atoms with van der Waals surface area (Å²) in [6.07, 6.45) is 1.06. The molecule has 0 aliphatic heterocycles. The second-order valence-electron chi connectivity index (χ2n) is 4.00. The first kappa shape index (κ1) is 12.4. The van der Waals surface area contributed by atoms with Crippen molar-refractivity contribution in [2.45, 2.75) is 19.8 Å². The van der Waals surface area contributed by atoms with Gasteiger partial charge in [-0.3, -0.25) is 9.59 Å². The molecule has 0 bridgehead atoms. The summed E-state index contributed by atoms with van der Waals surface area (Å²) in [5, 5.41) is 0. The van der Waals surface area contributed by atoms with Gasteiger partial charge in [0.2, 0.25) is 5.91 Å². The van der Waals surface area contributed by atoms with Crippen LogP contribution in [0.25, 0.3) is 0 Å². The van der Waals surface area contributed by atoms with E-state index in [4.69, 9.17) is 0 Å². The molecule has 0 heterocycles. The van der Waals surface area contributed by atoms with Crippen molar-refractivity contribution in [1.29, 1.82) is 0 Å². The number of hydrogen-bond donors (Lipinski definition) is 0. The molecule has 0 N–H and O–H groups in total. The topological polar surface area (TPSA) is 37.4 Å². The van der Waals surface area contributed by atoms with Crippen LogP contribution in [-0.2, 0) is 11.2 Å². The second kappa shape index (κ2) is 5.45. The highest BCUT2D eigenvalue weighted by Gasteiger charge is 2.09. The van der Waals surface area contributed by atoms with Gasteiger partial charge >= 0.3 is 0 Å². The van der Waals surface area contributed by atoms with Crippen molar-refractivity contribution in [3.05, 3.63) is 35.4 Å².